The Morgan fingerprint density at radius 2 is 1.73 bits per heavy atom. The van der Waals surface area contributed by atoms with Crippen LogP contribution < -0.4 is 5.73 Å². The molecule has 0 radical (unpaired) electrons. The van der Waals surface area contributed by atoms with Gasteiger partial charge in [0.2, 0.25) is 0 Å². The second-order valence-electron chi connectivity index (χ2n) is 4.50. The molecule has 2 nitrogen and oxygen atoms in total. The number of carbonyl (C=O) groups excluding carboxylic acids is 1. The highest BCUT2D eigenvalue weighted by Crippen LogP contribution is 2.35. The zero-order chi connectivity index (χ0) is 9.28. The molecule has 66 valence electrons. The topological polar surface area (TPSA) is 43.1 Å². The molecule has 11 heavy (non-hydrogen) atoms. The van der Waals surface area contributed by atoms with Crippen LogP contribution in [-0.2, 0) is 4.79 Å². The molecule has 0 rings (SSSR count). The minimum Gasteiger partial charge on any atom is -0.324 e. The molecule has 0 aromatic carbocycles. The summed E-state index contributed by atoms with van der Waals surface area (Å²) in [5.74, 6) is 0. The van der Waals surface area contributed by atoms with Crippen molar-refractivity contribution in [1.82, 2.24) is 0 Å². The van der Waals surface area contributed by atoms with Crippen molar-refractivity contribution in [3.63, 3.8) is 0 Å². The fourth-order valence-electron chi connectivity index (χ4n) is 0.673. The van der Waals surface area contributed by atoms with Crippen LogP contribution in [0.5, 0.6) is 0 Å². The van der Waals surface area contributed by atoms with Gasteiger partial charge in [-0.2, -0.15) is 0 Å². The van der Waals surface area contributed by atoms with Crippen LogP contribution >= 0.6 is 0 Å². The average Bonchev–Trinajstić information content (AvgIpc) is 1.83. The Morgan fingerprint density at radius 1 is 1.36 bits per heavy atom. The molecule has 0 saturated carbocycles. The Bertz CT molecular complexity index is 158. The van der Waals surface area contributed by atoms with E-state index in [0.717, 1.165) is 0 Å². The maximum Gasteiger partial charge on any atom is 0.134 e. The molecular formula is C8H19NOSi. The summed E-state index contributed by atoms with van der Waals surface area (Å²) in [6, 6.07) is 0. The summed E-state index contributed by atoms with van der Waals surface area (Å²) in [7, 11) is -1.77. The molecule has 0 fully saturated rings. The molecule has 0 saturated heterocycles. The van der Waals surface area contributed by atoms with Gasteiger partial charge in [0.25, 0.3) is 0 Å². The first kappa shape index (κ1) is 10.8. The van der Waals surface area contributed by atoms with Crippen molar-refractivity contribution in [2.75, 3.05) is 6.54 Å². The molecule has 2 N–H and O–H groups in total. The zero-order valence-electron chi connectivity index (χ0n) is 8.19. The van der Waals surface area contributed by atoms with E-state index in [0.29, 0.717) is 0 Å². The SMILES string of the molecule is CC(C)(C)[Si](C)(C)C(=O)CN. The minimum atomic E-state index is -1.77. The van der Waals surface area contributed by atoms with E-state index in [1.54, 1.807) is 0 Å². The predicted molar refractivity (Wildman–Crippen MR) is 51.3 cm³/mol. The van der Waals surface area contributed by atoms with Crippen LogP contribution in [0.4, 0.5) is 0 Å². The summed E-state index contributed by atoms with van der Waals surface area (Å²) < 4.78 is 0. The Balaban J connectivity index is 4.59. The molecule has 0 aromatic rings. The third-order valence-corrected chi connectivity index (χ3v) is 8.11. The molecule has 0 aromatic heterocycles. The lowest BCUT2D eigenvalue weighted by molar-refractivity contribution is -0.111. The van der Waals surface area contributed by atoms with Crippen molar-refractivity contribution in [1.29, 1.82) is 0 Å². The number of rotatable bonds is 2. The second-order valence-corrected chi connectivity index (χ2v) is 9.81. The Morgan fingerprint density at radius 3 is 1.82 bits per heavy atom. The number of nitrogens with two attached hydrogens (primary N) is 1. The molecule has 3 heteroatoms. The highest BCUT2D eigenvalue weighted by Gasteiger charge is 2.40. The van der Waals surface area contributed by atoms with Gasteiger partial charge < -0.3 is 10.5 Å². The van der Waals surface area contributed by atoms with Gasteiger partial charge in [-0.1, -0.05) is 33.9 Å². The molecule has 0 atom stereocenters. The summed E-state index contributed by atoms with van der Waals surface area (Å²) in [5, 5.41) is 0.397. The van der Waals surface area contributed by atoms with E-state index >= 15 is 0 Å². The van der Waals surface area contributed by atoms with Gasteiger partial charge in [-0.15, -0.1) is 0 Å². The normalized spacial score (nSPS) is 13.3. The van der Waals surface area contributed by atoms with Gasteiger partial charge in [0.15, 0.2) is 0 Å². The first-order valence-electron chi connectivity index (χ1n) is 3.97. The fourth-order valence-corrected chi connectivity index (χ4v) is 2.02. The van der Waals surface area contributed by atoms with E-state index in [1.807, 2.05) is 0 Å². The molecule has 0 heterocycles. The molecule has 0 bridgehead atoms. The summed E-state index contributed by atoms with van der Waals surface area (Å²) in [6.45, 7) is 10.7. The molecule has 0 amide bonds. The van der Waals surface area contributed by atoms with Gasteiger partial charge in [0, 0.05) is 6.54 Å². The average molecular weight is 173 g/mol. The third kappa shape index (κ3) is 2.14. The van der Waals surface area contributed by atoms with Gasteiger partial charge >= 0.3 is 0 Å². The second kappa shape index (κ2) is 3.07. The van der Waals surface area contributed by atoms with Gasteiger partial charge in [-0.05, 0) is 5.04 Å². The summed E-state index contributed by atoms with van der Waals surface area (Å²) >= 11 is 0. The van der Waals surface area contributed by atoms with Crippen molar-refractivity contribution in [3.8, 4) is 0 Å². The Labute approximate surface area is 70.2 Å². The van der Waals surface area contributed by atoms with E-state index in [2.05, 4.69) is 33.9 Å². The highest BCUT2D eigenvalue weighted by atomic mass is 28.3. The lowest BCUT2D eigenvalue weighted by atomic mass is 10.2. The van der Waals surface area contributed by atoms with Gasteiger partial charge in [-0.25, -0.2) is 0 Å². The van der Waals surface area contributed by atoms with Crippen LogP contribution in [0.25, 0.3) is 0 Å². The lowest BCUT2D eigenvalue weighted by Gasteiger charge is -2.34. The Kier molecular flexibility index (Phi) is 3.03. The molecule has 0 aliphatic rings. The predicted octanol–water partition coefficient (Wildman–Crippen LogP) is 1.56. The number of hydrogen-bond donors (Lipinski definition) is 1. The van der Waals surface area contributed by atoms with Crippen LogP contribution in [0.1, 0.15) is 20.8 Å². The van der Waals surface area contributed by atoms with Crippen LogP contribution in [-0.4, -0.2) is 20.0 Å². The van der Waals surface area contributed by atoms with Crippen LogP contribution in [0, 0.1) is 0 Å². The summed E-state index contributed by atoms with van der Waals surface area (Å²) in [4.78, 5) is 11.4. The van der Waals surface area contributed by atoms with Gasteiger partial charge in [-0.3, -0.25) is 0 Å². The quantitative estimate of drug-likeness (QED) is 0.644. The lowest BCUT2D eigenvalue weighted by Crippen LogP contribution is -2.49. The molecule has 0 unspecified atom stereocenters. The van der Waals surface area contributed by atoms with E-state index < -0.39 is 8.07 Å². The summed E-state index contributed by atoms with van der Waals surface area (Å²) in [5.41, 5.74) is 5.34. The standard InChI is InChI=1S/C8H19NOSi/c1-8(2,3)11(4,5)7(10)6-9/h6,9H2,1-5H3. The van der Waals surface area contributed by atoms with Crippen molar-refractivity contribution in [3.05, 3.63) is 0 Å². The fraction of sp³-hybridized carbons (Fsp3) is 0.875. The summed E-state index contributed by atoms with van der Waals surface area (Å²) in [6.07, 6.45) is 0. The van der Waals surface area contributed by atoms with E-state index in [1.165, 1.54) is 0 Å². The minimum absolute atomic E-state index is 0.128. The first-order chi connectivity index (χ1) is 4.73. The van der Waals surface area contributed by atoms with Crippen molar-refractivity contribution in [2.24, 2.45) is 5.73 Å². The van der Waals surface area contributed by atoms with E-state index in [-0.39, 0.29) is 17.0 Å². The maximum atomic E-state index is 11.4. The van der Waals surface area contributed by atoms with Gasteiger partial charge in [0.05, 0.1) is 0 Å². The van der Waals surface area contributed by atoms with Crippen molar-refractivity contribution < 1.29 is 4.79 Å². The zero-order valence-corrected chi connectivity index (χ0v) is 9.19. The highest BCUT2D eigenvalue weighted by molar-refractivity contribution is 7.06. The maximum absolute atomic E-state index is 11.4. The first-order valence-corrected chi connectivity index (χ1v) is 6.97. The molecule has 0 aliphatic carbocycles. The van der Waals surface area contributed by atoms with Crippen LogP contribution in [0.3, 0.4) is 0 Å². The van der Waals surface area contributed by atoms with Crippen molar-refractivity contribution >= 4 is 13.5 Å². The number of carbonyl (C=O) groups is 1. The molecule has 0 spiro atoms. The third-order valence-electron chi connectivity index (χ3n) is 2.76. The van der Waals surface area contributed by atoms with Gasteiger partial charge in [0.1, 0.15) is 13.5 Å². The smallest absolute Gasteiger partial charge is 0.134 e. The monoisotopic (exact) mass is 173 g/mol. The van der Waals surface area contributed by atoms with Crippen LogP contribution in [0.15, 0.2) is 0 Å². The van der Waals surface area contributed by atoms with E-state index in [4.69, 9.17) is 5.73 Å². The van der Waals surface area contributed by atoms with Crippen LogP contribution in [0.2, 0.25) is 18.1 Å². The largest absolute Gasteiger partial charge is 0.324 e. The number of hydrogen-bond acceptors (Lipinski definition) is 2. The molecule has 0 aliphatic heterocycles. The Hall–Kier alpha value is -0.153. The molecular weight excluding hydrogens is 154 g/mol. The van der Waals surface area contributed by atoms with E-state index in [9.17, 15) is 4.79 Å². The van der Waals surface area contributed by atoms with Crippen molar-refractivity contribution in [2.45, 2.75) is 38.9 Å².